The van der Waals surface area contributed by atoms with E-state index in [1.54, 1.807) is 42.3 Å². The van der Waals surface area contributed by atoms with Crippen LogP contribution in [0.5, 0.6) is 11.5 Å². The number of carbonyl (C=O) groups is 2. The molecule has 27 heavy (non-hydrogen) atoms. The molecule has 1 heterocycles. The van der Waals surface area contributed by atoms with Gasteiger partial charge in [0.25, 0.3) is 0 Å². The number of amides is 1. The van der Waals surface area contributed by atoms with Crippen LogP contribution in [0.25, 0.3) is 0 Å². The minimum atomic E-state index is -0.315. The maximum atomic E-state index is 13.1. The number of hydrogen-bond acceptors (Lipinski definition) is 4. The van der Waals surface area contributed by atoms with E-state index in [-0.39, 0.29) is 36.4 Å². The Morgan fingerprint density at radius 2 is 1.70 bits per heavy atom. The van der Waals surface area contributed by atoms with Crippen LogP contribution >= 0.6 is 0 Å². The van der Waals surface area contributed by atoms with Gasteiger partial charge in [-0.1, -0.05) is 12.1 Å². The van der Waals surface area contributed by atoms with Gasteiger partial charge in [-0.25, -0.2) is 4.39 Å². The summed E-state index contributed by atoms with van der Waals surface area (Å²) in [5.74, 6) is 0.605. The number of Topliss-reactive ketones (excluding diaryl/α,β-unsaturated/α-hetero) is 1. The second-order valence-corrected chi connectivity index (χ2v) is 6.51. The predicted octanol–water partition coefficient (Wildman–Crippen LogP) is 3.78. The zero-order chi connectivity index (χ0) is 19.4. The van der Waals surface area contributed by atoms with Gasteiger partial charge in [0.05, 0.1) is 6.04 Å². The Morgan fingerprint density at radius 3 is 2.41 bits per heavy atom. The van der Waals surface area contributed by atoms with Crippen molar-refractivity contribution in [2.75, 3.05) is 20.3 Å². The van der Waals surface area contributed by atoms with E-state index in [2.05, 4.69) is 0 Å². The van der Waals surface area contributed by atoms with Gasteiger partial charge in [0.1, 0.15) is 19.0 Å². The lowest BCUT2D eigenvalue weighted by Gasteiger charge is -2.25. The number of ketones is 1. The van der Waals surface area contributed by atoms with Gasteiger partial charge in [-0.2, -0.15) is 0 Å². The van der Waals surface area contributed by atoms with Gasteiger partial charge in [0, 0.05) is 25.5 Å². The van der Waals surface area contributed by atoms with E-state index in [0.717, 1.165) is 5.56 Å². The van der Waals surface area contributed by atoms with E-state index in [1.807, 2.05) is 6.92 Å². The zero-order valence-corrected chi connectivity index (χ0v) is 15.4. The Balaban J connectivity index is 1.57. The van der Waals surface area contributed by atoms with E-state index in [0.29, 0.717) is 30.3 Å². The number of nitrogens with zero attached hydrogens (tertiary/aromatic N) is 1. The second-order valence-electron chi connectivity index (χ2n) is 6.51. The molecule has 0 bridgehead atoms. The number of hydrogen-bond donors (Lipinski definition) is 0. The highest BCUT2D eigenvalue weighted by Crippen LogP contribution is 2.31. The molecule has 0 N–H and O–H groups in total. The topological polar surface area (TPSA) is 55.8 Å². The van der Waals surface area contributed by atoms with E-state index in [1.165, 1.54) is 12.1 Å². The Labute approximate surface area is 157 Å². The third-order valence-electron chi connectivity index (χ3n) is 4.76. The third kappa shape index (κ3) is 4.45. The smallest absolute Gasteiger partial charge is 0.223 e. The van der Waals surface area contributed by atoms with Crippen LogP contribution < -0.4 is 9.47 Å². The molecule has 0 saturated carbocycles. The highest BCUT2D eigenvalue weighted by atomic mass is 19.1. The van der Waals surface area contributed by atoms with Crippen LogP contribution in [0.3, 0.4) is 0 Å². The maximum absolute atomic E-state index is 13.1. The van der Waals surface area contributed by atoms with Crippen LogP contribution in [-0.4, -0.2) is 36.9 Å². The molecule has 0 radical (unpaired) electrons. The predicted molar refractivity (Wildman–Crippen MR) is 98.6 cm³/mol. The Kier molecular flexibility index (Phi) is 5.74. The molecule has 0 saturated heterocycles. The molecule has 0 aliphatic carbocycles. The SMILES string of the molecule is C[C@H](c1ccc(F)cc1)N(C)C(=O)CCC(=O)c1ccc2c(c1)OCCO2. The average Bonchev–Trinajstić information content (AvgIpc) is 2.70. The van der Waals surface area contributed by atoms with Crippen LogP contribution in [0, 0.1) is 5.82 Å². The van der Waals surface area contributed by atoms with Crippen molar-refractivity contribution in [2.45, 2.75) is 25.8 Å². The maximum Gasteiger partial charge on any atom is 0.223 e. The van der Waals surface area contributed by atoms with Crippen molar-refractivity contribution < 1.29 is 23.5 Å². The second kappa shape index (κ2) is 8.20. The van der Waals surface area contributed by atoms with E-state index in [4.69, 9.17) is 9.47 Å². The fourth-order valence-electron chi connectivity index (χ4n) is 2.94. The van der Waals surface area contributed by atoms with Gasteiger partial charge in [-0.05, 0) is 42.8 Å². The average molecular weight is 371 g/mol. The summed E-state index contributed by atoms with van der Waals surface area (Å²) in [5.41, 5.74) is 1.34. The molecule has 0 spiro atoms. The molecule has 0 unspecified atom stereocenters. The zero-order valence-electron chi connectivity index (χ0n) is 15.4. The molecular weight excluding hydrogens is 349 g/mol. The first-order valence-corrected chi connectivity index (χ1v) is 8.89. The number of fused-ring (bicyclic) bond motifs is 1. The first-order valence-electron chi connectivity index (χ1n) is 8.89. The van der Waals surface area contributed by atoms with Gasteiger partial charge >= 0.3 is 0 Å². The van der Waals surface area contributed by atoms with Crippen LogP contribution in [0.1, 0.15) is 41.7 Å². The molecule has 3 rings (SSSR count). The minimum Gasteiger partial charge on any atom is -0.486 e. The standard InChI is InChI=1S/C21H22FNO4/c1-14(15-3-6-17(22)7-4-15)23(2)21(25)10-8-18(24)16-5-9-19-20(13-16)27-12-11-26-19/h3-7,9,13-14H,8,10-12H2,1-2H3/t14-/m1/s1. The third-order valence-corrected chi connectivity index (χ3v) is 4.76. The minimum absolute atomic E-state index is 0.106. The molecule has 2 aromatic rings. The van der Waals surface area contributed by atoms with Crippen molar-refractivity contribution in [1.29, 1.82) is 0 Å². The monoisotopic (exact) mass is 371 g/mol. The van der Waals surface area contributed by atoms with Gasteiger partial charge in [0.15, 0.2) is 17.3 Å². The van der Waals surface area contributed by atoms with Crippen molar-refractivity contribution in [1.82, 2.24) is 4.90 Å². The lowest BCUT2D eigenvalue weighted by atomic mass is 10.0. The number of benzene rings is 2. The van der Waals surface area contributed by atoms with E-state index >= 15 is 0 Å². The molecule has 0 aromatic heterocycles. The highest BCUT2D eigenvalue weighted by molar-refractivity contribution is 5.98. The summed E-state index contributed by atoms with van der Waals surface area (Å²) in [4.78, 5) is 26.4. The lowest BCUT2D eigenvalue weighted by molar-refractivity contribution is -0.131. The fraction of sp³-hybridized carbons (Fsp3) is 0.333. The normalized spacial score (nSPS) is 13.7. The fourth-order valence-corrected chi connectivity index (χ4v) is 2.94. The van der Waals surface area contributed by atoms with Crippen LogP contribution in [-0.2, 0) is 4.79 Å². The highest BCUT2D eigenvalue weighted by Gasteiger charge is 2.20. The molecule has 1 atom stereocenters. The molecule has 142 valence electrons. The number of halogens is 1. The Hall–Kier alpha value is -2.89. The molecule has 0 fully saturated rings. The van der Waals surface area contributed by atoms with Gasteiger partial charge in [-0.15, -0.1) is 0 Å². The number of ether oxygens (including phenoxy) is 2. The summed E-state index contributed by atoms with van der Waals surface area (Å²) >= 11 is 0. The largest absolute Gasteiger partial charge is 0.486 e. The number of carbonyl (C=O) groups excluding carboxylic acids is 2. The molecular formula is C21H22FNO4. The molecule has 1 aliphatic rings. The quantitative estimate of drug-likeness (QED) is 0.725. The Morgan fingerprint density at radius 1 is 1.04 bits per heavy atom. The van der Waals surface area contributed by atoms with Crippen LogP contribution in [0.15, 0.2) is 42.5 Å². The molecule has 2 aromatic carbocycles. The first kappa shape index (κ1) is 18.9. The summed E-state index contributed by atoms with van der Waals surface area (Å²) in [6.07, 6.45) is 0.217. The van der Waals surface area contributed by atoms with E-state index in [9.17, 15) is 14.0 Å². The van der Waals surface area contributed by atoms with Crippen molar-refractivity contribution >= 4 is 11.7 Å². The molecule has 5 nitrogen and oxygen atoms in total. The summed E-state index contributed by atoms with van der Waals surface area (Å²) in [6.45, 7) is 2.82. The lowest BCUT2D eigenvalue weighted by Crippen LogP contribution is -2.29. The molecule has 1 aliphatic heterocycles. The van der Waals surface area contributed by atoms with Gasteiger partial charge in [0.2, 0.25) is 5.91 Å². The van der Waals surface area contributed by atoms with Gasteiger partial charge in [-0.3, -0.25) is 9.59 Å². The number of rotatable bonds is 6. The first-order chi connectivity index (χ1) is 13.0. The van der Waals surface area contributed by atoms with Crippen molar-refractivity contribution in [2.24, 2.45) is 0 Å². The summed E-state index contributed by atoms with van der Waals surface area (Å²) < 4.78 is 24.0. The van der Waals surface area contributed by atoms with Crippen molar-refractivity contribution in [3.8, 4) is 11.5 Å². The summed E-state index contributed by atoms with van der Waals surface area (Å²) in [5, 5.41) is 0. The summed E-state index contributed by atoms with van der Waals surface area (Å²) in [6, 6.07) is 10.9. The van der Waals surface area contributed by atoms with E-state index < -0.39 is 0 Å². The van der Waals surface area contributed by atoms with Crippen molar-refractivity contribution in [3.05, 3.63) is 59.4 Å². The van der Waals surface area contributed by atoms with Gasteiger partial charge < -0.3 is 14.4 Å². The molecule has 6 heteroatoms. The Bertz CT molecular complexity index is 835. The van der Waals surface area contributed by atoms with Crippen LogP contribution in [0.2, 0.25) is 0 Å². The summed E-state index contributed by atoms with van der Waals surface area (Å²) in [7, 11) is 1.69. The van der Waals surface area contributed by atoms with Crippen LogP contribution in [0.4, 0.5) is 4.39 Å². The van der Waals surface area contributed by atoms with Crippen molar-refractivity contribution in [3.63, 3.8) is 0 Å². The molecule has 1 amide bonds.